The molecule has 1 aromatic heterocycles. The molecule has 0 fully saturated rings. The summed E-state index contributed by atoms with van der Waals surface area (Å²) in [6.45, 7) is 8.70. The minimum absolute atomic E-state index is 0.255. The Morgan fingerprint density at radius 3 is 2.33 bits per heavy atom. The van der Waals surface area contributed by atoms with Crippen molar-refractivity contribution in [3.05, 3.63) is 70.5 Å². The summed E-state index contributed by atoms with van der Waals surface area (Å²) < 4.78 is 7.38. The molecule has 6 nitrogen and oxygen atoms in total. The van der Waals surface area contributed by atoms with Gasteiger partial charge in [0, 0.05) is 0 Å². The van der Waals surface area contributed by atoms with Crippen LogP contribution in [0.4, 0.5) is 0 Å². The molecule has 1 N–H and O–H groups in total. The van der Waals surface area contributed by atoms with Crippen LogP contribution < -0.4 is 10.1 Å². The lowest BCUT2D eigenvalue weighted by Gasteiger charge is -2.09. The molecule has 0 unspecified atom stereocenters. The van der Waals surface area contributed by atoms with Crippen molar-refractivity contribution in [2.45, 2.75) is 27.7 Å². The Hall–Kier alpha value is -3.15. The fraction of sp³-hybridized carbons (Fsp3) is 0.286. The molecule has 0 bridgehead atoms. The Balaban J connectivity index is 1.57. The van der Waals surface area contributed by atoms with E-state index in [0.29, 0.717) is 24.5 Å². The Morgan fingerprint density at radius 1 is 1.00 bits per heavy atom. The molecule has 2 aromatic carbocycles. The summed E-state index contributed by atoms with van der Waals surface area (Å²) in [5.41, 5.74) is 5.37. The van der Waals surface area contributed by atoms with Gasteiger partial charge in [0.1, 0.15) is 12.4 Å². The lowest BCUT2D eigenvalue weighted by molar-refractivity contribution is 0.0941. The van der Waals surface area contributed by atoms with Crippen molar-refractivity contribution >= 4 is 5.91 Å². The third kappa shape index (κ3) is 4.53. The van der Waals surface area contributed by atoms with Crippen molar-refractivity contribution in [1.82, 2.24) is 20.3 Å². The average molecular weight is 364 g/mol. The molecule has 0 aliphatic carbocycles. The maximum absolute atomic E-state index is 12.4. The Bertz CT molecular complexity index is 925. The highest BCUT2D eigenvalue weighted by Gasteiger charge is 2.16. The predicted octanol–water partition coefficient (Wildman–Crippen LogP) is 3.31. The van der Waals surface area contributed by atoms with E-state index in [9.17, 15) is 4.79 Å². The summed E-state index contributed by atoms with van der Waals surface area (Å²) in [5.74, 6) is 0.554. The van der Waals surface area contributed by atoms with Crippen molar-refractivity contribution in [3.8, 4) is 11.4 Å². The fourth-order valence-electron chi connectivity index (χ4n) is 2.90. The van der Waals surface area contributed by atoms with Crippen LogP contribution in [0.5, 0.6) is 5.75 Å². The molecule has 140 valence electrons. The number of carbonyl (C=O) groups is 1. The third-order valence-electron chi connectivity index (χ3n) is 4.24. The Kier molecular flexibility index (Phi) is 5.54. The topological polar surface area (TPSA) is 69.0 Å². The second-order valence-electron chi connectivity index (χ2n) is 6.70. The average Bonchev–Trinajstić information content (AvgIpc) is 3.00. The molecule has 0 radical (unpaired) electrons. The highest BCUT2D eigenvalue weighted by atomic mass is 16.5. The van der Waals surface area contributed by atoms with Gasteiger partial charge in [-0.1, -0.05) is 29.0 Å². The van der Waals surface area contributed by atoms with Gasteiger partial charge in [-0.05, 0) is 63.1 Å². The molecule has 0 aliphatic heterocycles. The lowest BCUT2D eigenvalue weighted by atomic mass is 10.1. The number of nitrogens with zero attached hydrogens (tertiary/aromatic N) is 3. The Morgan fingerprint density at radius 2 is 1.67 bits per heavy atom. The summed E-state index contributed by atoms with van der Waals surface area (Å²) >= 11 is 0. The monoisotopic (exact) mass is 364 g/mol. The zero-order valence-corrected chi connectivity index (χ0v) is 16.1. The second kappa shape index (κ2) is 8.03. The number of hydrogen-bond donors (Lipinski definition) is 1. The van der Waals surface area contributed by atoms with Crippen LogP contribution >= 0.6 is 0 Å². The number of carbonyl (C=O) groups excluding carboxylic acids is 1. The van der Waals surface area contributed by atoms with E-state index < -0.39 is 0 Å². The van der Waals surface area contributed by atoms with Gasteiger partial charge in [-0.15, -0.1) is 5.10 Å². The van der Waals surface area contributed by atoms with Crippen LogP contribution in [0.1, 0.15) is 32.9 Å². The van der Waals surface area contributed by atoms with Crippen LogP contribution in [0, 0.1) is 27.7 Å². The van der Waals surface area contributed by atoms with Gasteiger partial charge in [-0.25, -0.2) is 4.68 Å². The van der Waals surface area contributed by atoms with E-state index in [1.54, 1.807) is 4.68 Å². The number of aryl methyl sites for hydroxylation is 3. The molecule has 0 saturated carbocycles. The summed E-state index contributed by atoms with van der Waals surface area (Å²) in [4.78, 5) is 12.4. The largest absolute Gasteiger partial charge is 0.492 e. The quantitative estimate of drug-likeness (QED) is 0.682. The van der Waals surface area contributed by atoms with Crippen molar-refractivity contribution < 1.29 is 9.53 Å². The first-order valence-corrected chi connectivity index (χ1v) is 8.92. The number of hydrogen-bond acceptors (Lipinski definition) is 4. The molecule has 3 rings (SSSR count). The SMILES string of the molecule is Cc1ccc(-n2nnc(C(=O)NCCOc3cc(C)cc(C)c3)c2C)cc1. The first kappa shape index (κ1) is 18.6. The van der Waals surface area contributed by atoms with Gasteiger partial charge < -0.3 is 10.1 Å². The lowest BCUT2D eigenvalue weighted by Crippen LogP contribution is -2.29. The minimum Gasteiger partial charge on any atom is -0.492 e. The molecule has 27 heavy (non-hydrogen) atoms. The van der Waals surface area contributed by atoms with E-state index in [1.165, 1.54) is 5.56 Å². The number of benzene rings is 2. The second-order valence-corrected chi connectivity index (χ2v) is 6.70. The van der Waals surface area contributed by atoms with E-state index in [-0.39, 0.29) is 5.91 Å². The summed E-state index contributed by atoms with van der Waals surface area (Å²) in [7, 11) is 0. The van der Waals surface area contributed by atoms with Crippen molar-refractivity contribution in [2.24, 2.45) is 0 Å². The minimum atomic E-state index is -0.255. The van der Waals surface area contributed by atoms with Gasteiger partial charge >= 0.3 is 0 Å². The van der Waals surface area contributed by atoms with Crippen LogP contribution in [0.3, 0.4) is 0 Å². The molecule has 1 amide bonds. The number of rotatable bonds is 6. The van der Waals surface area contributed by atoms with Gasteiger partial charge in [0.2, 0.25) is 0 Å². The smallest absolute Gasteiger partial charge is 0.273 e. The van der Waals surface area contributed by atoms with E-state index in [0.717, 1.165) is 22.6 Å². The number of ether oxygens (including phenoxy) is 1. The standard InChI is InChI=1S/C21H24N4O2/c1-14-5-7-18(8-6-14)25-17(4)20(23-24-25)21(26)22-9-10-27-19-12-15(2)11-16(3)13-19/h5-8,11-13H,9-10H2,1-4H3,(H,22,26). The molecular weight excluding hydrogens is 340 g/mol. The third-order valence-corrected chi connectivity index (χ3v) is 4.24. The molecule has 0 atom stereocenters. The van der Waals surface area contributed by atoms with Crippen LogP contribution in [0.25, 0.3) is 5.69 Å². The highest BCUT2D eigenvalue weighted by Crippen LogP contribution is 2.16. The maximum atomic E-state index is 12.4. The van der Waals surface area contributed by atoms with Gasteiger partial charge in [0.15, 0.2) is 5.69 Å². The molecule has 0 aliphatic rings. The van der Waals surface area contributed by atoms with Gasteiger partial charge in [-0.3, -0.25) is 4.79 Å². The normalized spacial score (nSPS) is 10.7. The highest BCUT2D eigenvalue weighted by molar-refractivity contribution is 5.93. The van der Waals surface area contributed by atoms with Crippen LogP contribution in [0.15, 0.2) is 42.5 Å². The summed E-state index contributed by atoms with van der Waals surface area (Å²) in [5, 5.41) is 11.0. The van der Waals surface area contributed by atoms with Crippen LogP contribution in [-0.2, 0) is 0 Å². The molecule has 3 aromatic rings. The fourth-order valence-corrected chi connectivity index (χ4v) is 2.90. The molecule has 6 heteroatoms. The Labute approximate surface area is 159 Å². The molecule has 0 saturated heterocycles. The zero-order chi connectivity index (χ0) is 19.4. The predicted molar refractivity (Wildman–Crippen MR) is 105 cm³/mol. The number of nitrogens with one attached hydrogen (secondary N) is 1. The van der Waals surface area contributed by atoms with Gasteiger partial charge in [-0.2, -0.15) is 0 Å². The van der Waals surface area contributed by atoms with Crippen LogP contribution in [-0.4, -0.2) is 34.1 Å². The van der Waals surface area contributed by atoms with E-state index in [2.05, 4.69) is 21.7 Å². The van der Waals surface area contributed by atoms with Crippen molar-refractivity contribution in [1.29, 1.82) is 0 Å². The van der Waals surface area contributed by atoms with Gasteiger partial charge in [0.25, 0.3) is 5.91 Å². The maximum Gasteiger partial charge on any atom is 0.273 e. The summed E-state index contributed by atoms with van der Waals surface area (Å²) in [6, 6.07) is 14.0. The van der Waals surface area contributed by atoms with Crippen molar-refractivity contribution in [2.75, 3.05) is 13.2 Å². The van der Waals surface area contributed by atoms with Crippen LogP contribution in [0.2, 0.25) is 0 Å². The van der Waals surface area contributed by atoms with Crippen molar-refractivity contribution in [3.63, 3.8) is 0 Å². The molecule has 1 heterocycles. The van der Waals surface area contributed by atoms with E-state index in [4.69, 9.17) is 4.74 Å². The first-order chi connectivity index (χ1) is 12.9. The number of amides is 1. The number of aromatic nitrogens is 3. The van der Waals surface area contributed by atoms with E-state index >= 15 is 0 Å². The zero-order valence-electron chi connectivity index (χ0n) is 16.1. The van der Waals surface area contributed by atoms with E-state index in [1.807, 2.05) is 64.1 Å². The summed E-state index contributed by atoms with van der Waals surface area (Å²) in [6.07, 6.45) is 0. The first-order valence-electron chi connectivity index (χ1n) is 8.92. The molecular formula is C21H24N4O2. The molecule has 0 spiro atoms. The van der Waals surface area contributed by atoms with Gasteiger partial charge in [0.05, 0.1) is 17.9 Å².